The van der Waals surface area contributed by atoms with Crippen LogP contribution in [0.1, 0.15) is 16.8 Å². The van der Waals surface area contributed by atoms with Gasteiger partial charge in [0.25, 0.3) is 0 Å². The Balaban J connectivity index is 2.55. The van der Waals surface area contributed by atoms with Gasteiger partial charge in [-0.1, -0.05) is 12.1 Å². The molecule has 0 spiro atoms. The van der Waals surface area contributed by atoms with E-state index in [1.807, 2.05) is 12.1 Å². The molecule has 110 valence electrons. The topological polar surface area (TPSA) is 112 Å². The fraction of sp³-hybridized carbons (Fsp3) is 0.133. The van der Waals surface area contributed by atoms with Gasteiger partial charge in [0, 0.05) is 0 Å². The number of aliphatic hydroxyl groups is 1. The van der Waals surface area contributed by atoms with E-state index in [9.17, 15) is 14.9 Å². The van der Waals surface area contributed by atoms with E-state index >= 15 is 0 Å². The highest BCUT2D eigenvalue weighted by Gasteiger charge is 2.18. The lowest BCUT2D eigenvalue weighted by molar-refractivity contribution is 0.270. The standard InChI is InChI=1S/C15H12FN5O/c16-12-3-1-2-10(7-12)6-11(8-17)14-13(9-18)15(19)21(20-14)4-5-22/h1-3,6-7,22H,4-5,19H2/b11-6+. The predicted octanol–water partition coefficient (Wildman–Crippen LogP) is 1.53. The van der Waals surface area contributed by atoms with Crippen LogP contribution in [-0.2, 0) is 6.54 Å². The minimum Gasteiger partial charge on any atom is -0.394 e. The van der Waals surface area contributed by atoms with Gasteiger partial charge in [0.2, 0.25) is 0 Å². The molecule has 0 aliphatic rings. The van der Waals surface area contributed by atoms with Crippen molar-refractivity contribution in [2.24, 2.45) is 0 Å². The van der Waals surface area contributed by atoms with Gasteiger partial charge in [-0.25, -0.2) is 9.07 Å². The van der Waals surface area contributed by atoms with Gasteiger partial charge in [0.15, 0.2) is 0 Å². The van der Waals surface area contributed by atoms with Crippen LogP contribution in [0.25, 0.3) is 11.6 Å². The van der Waals surface area contributed by atoms with E-state index in [4.69, 9.17) is 10.8 Å². The number of nitriles is 2. The monoisotopic (exact) mass is 297 g/mol. The molecule has 6 nitrogen and oxygen atoms in total. The molecule has 0 fully saturated rings. The number of nitrogens with zero attached hydrogens (tertiary/aromatic N) is 4. The summed E-state index contributed by atoms with van der Waals surface area (Å²) in [6.45, 7) is -0.0924. The number of anilines is 1. The number of allylic oxidation sites excluding steroid dienone is 1. The molecule has 0 unspecified atom stereocenters. The van der Waals surface area contributed by atoms with Crippen LogP contribution in [0.3, 0.4) is 0 Å². The fourth-order valence-corrected chi connectivity index (χ4v) is 1.96. The number of nitrogen functional groups attached to an aromatic ring is 1. The maximum Gasteiger partial charge on any atom is 0.140 e. The molecular formula is C15H12FN5O. The molecular weight excluding hydrogens is 285 g/mol. The number of hydrogen-bond acceptors (Lipinski definition) is 5. The highest BCUT2D eigenvalue weighted by atomic mass is 19.1. The van der Waals surface area contributed by atoms with Crippen molar-refractivity contribution in [1.29, 1.82) is 10.5 Å². The summed E-state index contributed by atoms with van der Waals surface area (Å²) in [7, 11) is 0. The fourth-order valence-electron chi connectivity index (χ4n) is 1.96. The third-order valence-corrected chi connectivity index (χ3v) is 2.95. The molecule has 7 heteroatoms. The Morgan fingerprint density at radius 2 is 2.23 bits per heavy atom. The van der Waals surface area contributed by atoms with Crippen LogP contribution in [0.5, 0.6) is 0 Å². The van der Waals surface area contributed by atoms with E-state index in [2.05, 4.69) is 5.10 Å². The van der Waals surface area contributed by atoms with Crippen molar-refractivity contribution in [2.75, 3.05) is 12.3 Å². The van der Waals surface area contributed by atoms with E-state index in [-0.39, 0.29) is 35.8 Å². The minimum absolute atomic E-state index is 0.0534. The third kappa shape index (κ3) is 2.95. The van der Waals surface area contributed by atoms with Gasteiger partial charge in [-0.2, -0.15) is 15.6 Å². The Bertz CT molecular complexity index is 810. The molecule has 0 bridgehead atoms. The molecule has 1 heterocycles. The Kier molecular flexibility index (Phi) is 4.52. The van der Waals surface area contributed by atoms with E-state index < -0.39 is 5.82 Å². The van der Waals surface area contributed by atoms with Crippen LogP contribution in [0.15, 0.2) is 24.3 Å². The van der Waals surface area contributed by atoms with E-state index in [1.54, 1.807) is 6.07 Å². The van der Waals surface area contributed by atoms with Crippen molar-refractivity contribution in [3.05, 3.63) is 46.9 Å². The van der Waals surface area contributed by atoms with Crippen LogP contribution in [0, 0.1) is 28.5 Å². The number of aromatic nitrogens is 2. The molecule has 0 amide bonds. The second-order valence-corrected chi connectivity index (χ2v) is 4.39. The molecule has 1 aromatic heterocycles. The smallest absolute Gasteiger partial charge is 0.140 e. The van der Waals surface area contributed by atoms with E-state index in [1.165, 1.54) is 29.0 Å². The van der Waals surface area contributed by atoms with E-state index in [0.29, 0.717) is 5.56 Å². The predicted molar refractivity (Wildman–Crippen MR) is 78.3 cm³/mol. The quantitative estimate of drug-likeness (QED) is 0.831. The van der Waals surface area contributed by atoms with Gasteiger partial charge in [-0.15, -0.1) is 0 Å². The number of nitrogens with two attached hydrogens (primary N) is 1. The van der Waals surface area contributed by atoms with Crippen LogP contribution in [0.2, 0.25) is 0 Å². The molecule has 0 saturated carbocycles. The van der Waals surface area contributed by atoms with Gasteiger partial charge in [-0.3, -0.25) is 0 Å². The lowest BCUT2D eigenvalue weighted by Gasteiger charge is -1.99. The molecule has 2 aromatic rings. The largest absolute Gasteiger partial charge is 0.394 e. The lowest BCUT2D eigenvalue weighted by Crippen LogP contribution is -2.07. The Morgan fingerprint density at radius 3 is 2.82 bits per heavy atom. The molecule has 2 rings (SSSR count). The Labute approximate surface area is 126 Å². The summed E-state index contributed by atoms with van der Waals surface area (Å²) in [6.07, 6.45) is 1.43. The Morgan fingerprint density at radius 1 is 1.45 bits per heavy atom. The first-order chi connectivity index (χ1) is 10.6. The van der Waals surface area contributed by atoms with Gasteiger partial charge < -0.3 is 10.8 Å². The van der Waals surface area contributed by atoms with Gasteiger partial charge in [-0.05, 0) is 23.8 Å². The SMILES string of the molecule is N#C/C(=C\c1cccc(F)c1)c1nn(CCO)c(N)c1C#N. The van der Waals surface area contributed by atoms with Crippen molar-refractivity contribution >= 4 is 17.5 Å². The summed E-state index contributed by atoms with van der Waals surface area (Å²) in [5.41, 5.74) is 6.50. The average Bonchev–Trinajstić information content (AvgIpc) is 2.81. The van der Waals surface area contributed by atoms with Crippen molar-refractivity contribution in [2.45, 2.75) is 6.54 Å². The molecule has 0 radical (unpaired) electrons. The van der Waals surface area contributed by atoms with Crippen LogP contribution >= 0.6 is 0 Å². The zero-order valence-electron chi connectivity index (χ0n) is 11.5. The van der Waals surface area contributed by atoms with Crippen molar-refractivity contribution in [1.82, 2.24) is 9.78 Å². The molecule has 0 saturated heterocycles. The van der Waals surface area contributed by atoms with Crippen LogP contribution < -0.4 is 5.73 Å². The first kappa shape index (κ1) is 15.2. The minimum atomic E-state index is -0.433. The second kappa shape index (κ2) is 6.53. The molecule has 0 aliphatic heterocycles. The molecule has 0 aliphatic carbocycles. The zero-order chi connectivity index (χ0) is 16.1. The van der Waals surface area contributed by atoms with E-state index in [0.717, 1.165) is 0 Å². The number of aliphatic hydroxyl groups excluding tert-OH is 1. The summed E-state index contributed by atoms with van der Waals surface area (Å²) in [4.78, 5) is 0. The highest BCUT2D eigenvalue weighted by molar-refractivity contribution is 5.91. The number of halogens is 1. The van der Waals surface area contributed by atoms with Crippen molar-refractivity contribution < 1.29 is 9.50 Å². The third-order valence-electron chi connectivity index (χ3n) is 2.95. The number of rotatable bonds is 4. The first-order valence-electron chi connectivity index (χ1n) is 6.35. The summed E-state index contributed by atoms with van der Waals surface area (Å²) >= 11 is 0. The summed E-state index contributed by atoms with van der Waals surface area (Å²) in [5, 5.41) is 31.5. The van der Waals surface area contributed by atoms with Crippen LogP contribution in [-0.4, -0.2) is 21.5 Å². The summed E-state index contributed by atoms with van der Waals surface area (Å²) in [5.74, 6) is -0.358. The number of hydrogen-bond donors (Lipinski definition) is 2. The molecule has 22 heavy (non-hydrogen) atoms. The summed E-state index contributed by atoms with van der Waals surface area (Å²) in [6, 6.07) is 9.53. The summed E-state index contributed by atoms with van der Waals surface area (Å²) < 4.78 is 14.5. The lowest BCUT2D eigenvalue weighted by atomic mass is 10.1. The highest BCUT2D eigenvalue weighted by Crippen LogP contribution is 2.24. The van der Waals surface area contributed by atoms with Gasteiger partial charge in [0.05, 0.1) is 18.7 Å². The molecule has 0 atom stereocenters. The normalized spacial score (nSPS) is 11.0. The number of benzene rings is 1. The van der Waals surface area contributed by atoms with Crippen molar-refractivity contribution in [3.63, 3.8) is 0 Å². The van der Waals surface area contributed by atoms with Crippen LogP contribution in [0.4, 0.5) is 10.2 Å². The van der Waals surface area contributed by atoms with Crippen molar-refractivity contribution in [3.8, 4) is 12.1 Å². The average molecular weight is 297 g/mol. The Hall–Kier alpha value is -3.16. The zero-order valence-corrected chi connectivity index (χ0v) is 11.5. The second-order valence-electron chi connectivity index (χ2n) is 4.39. The molecule has 3 N–H and O–H groups in total. The van der Waals surface area contributed by atoms with Gasteiger partial charge in [0.1, 0.15) is 35.0 Å². The maximum atomic E-state index is 13.2. The maximum absolute atomic E-state index is 13.2. The van der Waals surface area contributed by atoms with Gasteiger partial charge >= 0.3 is 0 Å². The molecule has 1 aromatic carbocycles. The first-order valence-corrected chi connectivity index (χ1v) is 6.35.